The summed E-state index contributed by atoms with van der Waals surface area (Å²) in [5.41, 5.74) is 2.63. The minimum Gasteiger partial charge on any atom is -0.497 e. The van der Waals surface area contributed by atoms with Gasteiger partial charge in [0.05, 0.1) is 13.7 Å². The van der Waals surface area contributed by atoms with E-state index < -0.39 is 5.97 Å². The first-order valence-electron chi connectivity index (χ1n) is 11.6. The molecular formula is C26H30N4O5. The van der Waals surface area contributed by atoms with E-state index in [0.717, 1.165) is 37.0 Å². The highest BCUT2D eigenvalue weighted by molar-refractivity contribution is 5.93. The minimum atomic E-state index is -1.16. The molecule has 4 rings (SSSR count). The third-order valence-electron chi connectivity index (χ3n) is 6.37. The number of amides is 1. The van der Waals surface area contributed by atoms with Crippen LogP contribution in [0.15, 0.2) is 48.5 Å². The van der Waals surface area contributed by atoms with Crippen LogP contribution in [-0.4, -0.2) is 64.2 Å². The monoisotopic (exact) mass is 478 g/mol. The van der Waals surface area contributed by atoms with Crippen LogP contribution in [0.5, 0.6) is 11.6 Å². The van der Waals surface area contributed by atoms with Crippen LogP contribution in [0.1, 0.15) is 63.6 Å². The van der Waals surface area contributed by atoms with E-state index in [2.05, 4.69) is 10.3 Å². The first-order valence-corrected chi connectivity index (χ1v) is 11.6. The Balaban J connectivity index is 1.41. The molecule has 0 aliphatic heterocycles. The number of ether oxygens (including phenoxy) is 2. The number of benzene rings is 2. The topological polar surface area (TPSA) is 107 Å². The maximum absolute atomic E-state index is 12.1. The summed E-state index contributed by atoms with van der Waals surface area (Å²) in [5.74, 6) is 0.124. The van der Waals surface area contributed by atoms with E-state index in [1.54, 1.807) is 26.1 Å². The largest absolute Gasteiger partial charge is 0.497 e. The molecule has 0 radical (unpaired) electrons. The van der Waals surface area contributed by atoms with Gasteiger partial charge in [0.25, 0.3) is 5.91 Å². The van der Waals surface area contributed by atoms with Crippen molar-refractivity contribution < 1.29 is 24.2 Å². The number of aromatic carboxylic acids is 1. The second-order valence-electron chi connectivity index (χ2n) is 8.97. The van der Waals surface area contributed by atoms with Gasteiger partial charge in [0.2, 0.25) is 11.6 Å². The number of carbonyl (C=O) groups is 2. The Hall–Kier alpha value is -3.88. The van der Waals surface area contributed by atoms with Gasteiger partial charge in [0.1, 0.15) is 11.9 Å². The lowest BCUT2D eigenvalue weighted by Gasteiger charge is -2.29. The van der Waals surface area contributed by atoms with Crippen molar-refractivity contribution >= 4 is 11.9 Å². The minimum absolute atomic E-state index is 0.0113. The van der Waals surface area contributed by atoms with Crippen LogP contribution in [0.3, 0.4) is 0 Å². The molecule has 0 atom stereocenters. The van der Waals surface area contributed by atoms with Crippen molar-refractivity contribution in [1.82, 2.24) is 19.9 Å². The predicted octanol–water partition coefficient (Wildman–Crippen LogP) is 3.84. The summed E-state index contributed by atoms with van der Waals surface area (Å²) in [6, 6.07) is 15.3. The molecule has 184 valence electrons. The van der Waals surface area contributed by atoms with E-state index in [4.69, 9.17) is 9.47 Å². The maximum Gasteiger partial charge on any atom is 0.362 e. The molecule has 2 aromatic carbocycles. The Kier molecular flexibility index (Phi) is 7.33. The number of hydrogen-bond acceptors (Lipinski definition) is 6. The summed E-state index contributed by atoms with van der Waals surface area (Å²) in [4.78, 5) is 25.4. The number of hydrogen-bond donors (Lipinski definition) is 1. The molecule has 1 aliphatic rings. The molecule has 1 N–H and O–H groups in total. The molecule has 9 nitrogen and oxygen atoms in total. The highest BCUT2D eigenvalue weighted by Crippen LogP contribution is 2.35. The molecule has 0 spiro atoms. The Bertz CT molecular complexity index is 1160. The van der Waals surface area contributed by atoms with E-state index in [1.165, 1.54) is 10.2 Å². The van der Waals surface area contributed by atoms with Crippen LogP contribution < -0.4 is 9.47 Å². The Morgan fingerprint density at radius 1 is 1.03 bits per heavy atom. The standard InChI is InChI=1S/C26H30N4O5/c1-29(2)24(31)20-8-6-18(7-9-20)19-10-14-22(15-11-19)35-25-23(26(32)33)27-28-30(25)16-17-4-12-21(34-3)13-5-17/h4-9,12-13,19,22H,10-11,14-16H2,1-3H3,(H,32,33)/t19-,22-. The molecule has 0 saturated heterocycles. The van der Waals surface area contributed by atoms with Crippen molar-refractivity contribution in [1.29, 1.82) is 0 Å². The summed E-state index contributed by atoms with van der Waals surface area (Å²) >= 11 is 0. The number of aromatic nitrogens is 3. The lowest BCUT2D eigenvalue weighted by Crippen LogP contribution is -2.25. The zero-order chi connectivity index (χ0) is 24.9. The number of carboxylic acids is 1. The number of rotatable bonds is 8. The Labute approximate surface area is 204 Å². The van der Waals surface area contributed by atoms with Crippen molar-refractivity contribution in [2.75, 3.05) is 21.2 Å². The van der Waals surface area contributed by atoms with Crippen molar-refractivity contribution in [3.05, 3.63) is 70.9 Å². The number of carbonyl (C=O) groups excluding carboxylic acids is 1. The SMILES string of the molecule is COc1ccc(Cn2nnc(C(=O)O)c2O[C@H]2CC[C@H](c3ccc(C(=O)N(C)C)cc3)CC2)cc1. The molecule has 0 bridgehead atoms. The quantitative estimate of drug-likeness (QED) is 0.524. The van der Waals surface area contributed by atoms with Gasteiger partial charge in [-0.1, -0.05) is 29.5 Å². The van der Waals surface area contributed by atoms with Crippen molar-refractivity contribution in [3.63, 3.8) is 0 Å². The fourth-order valence-corrected chi connectivity index (χ4v) is 4.39. The van der Waals surface area contributed by atoms with Gasteiger partial charge in [0, 0.05) is 19.7 Å². The van der Waals surface area contributed by atoms with Gasteiger partial charge in [-0.3, -0.25) is 4.79 Å². The van der Waals surface area contributed by atoms with E-state index in [-0.39, 0.29) is 23.6 Å². The third-order valence-corrected chi connectivity index (χ3v) is 6.37. The summed E-state index contributed by atoms with van der Waals surface area (Å²) in [7, 11) is 5.09. The highest BCUT2D eigenvalue weighted by Gasteiger charge is 2.28. The average molecular weight is 479 g/mol. The Morgan fingerprint density at radius 2 is 1.69 bits per heavy atom. The van der Waals surface area contributed by atoms with Crippen LogP contribution in [0.25, 0.3) is 0 Å². The number of carboxylic acid groups (broad SMARTS) is 1. The molecule has 1 aliphatic carbocycles. The molecular weight excluding hydrogens is 448 g/mol. The Morgan fingerprint density at radius 3 is 2.26 bits per heavy atom. The van der Waals surface area contributed by atoms with Gasteiger partial charge >= 0.3 is 5.97 Å². The first-order chi connectivity index (χ1) is 16.9. The van der Waals surface area contributed by atoms with E-state index in [1.807, 2.05) is 48.5 Å². The molecule has 9 heteroatoms. The number of nitrogens with zero attached hydrogens (tertiary/aromatic N) is 4. The van der Waals surface area contributed by atoms with Crippen LogP contribution in [0, 0.1) is 0 Å². The van der Waals surface area contributed by atoms with Crippen LogP contribution >= 0.6 is 0 Å². The molecule has 35 heavy (non-hydrogen) atoms. The lowest BCUT2D eigenvalue weighted by molar-refractivity contribution is 0.0675. The molecule has 3 aromatic rings. The van der Waals surface area contributed by atoms with E-state index in [0.29, 0.717) is 18.0 Å². The van der Waals surface area contributed by atoms with Crippen molar-refractivity contribution in [3.8, 4) is 11.6 Å². The lowest BCUT2D eigenvalue weighted by atomic mass is 9.82. The van der Waals surface area contributed by atoms with E-state index in [9.17, 15) is 14.7 Å². The van der Waals surface area contributed by atoms with Gasteiger partial charge in [0.15, 0.2) is 0 Å². The first kappa shape index (κ1) is 24.3. The molecule has 1 saturated carbocycles. The van der Waals surface area contributed by atoms with Crippen LogP contribution in [-0.2, 0) is 6.54 Å². The highest BCUT2D eigenvalue weighted by atomic mass is 16.5. The van der Waals surface area contributed by atoms with Gasteiger partial charge < -0.3 is 19.5 Å². The summed E-state index contributed by atoms with van der Waals surface area (Å²) in [6.45, 7) is 0.340. The molecule has 1 amide bonds. The van der Waals surface area contributed by atoms with Crippen molar-refractivity contribution in [2.45, 2.75) is 44.2 Å². The van der Waals surface area contributed by atoms with Gasteiger partial charge in [-0.25, -0.2) is 9.48 Å². The average Bonchev–Trinajstić information content (AvgIpc) is 3.26. The third kappa shape index (κ3) is 5.62. The number of methoxy groups -OCH3 is 1. The zero-order valence-electron chi connectivity index (χ0n) is 20.2. The second kappa shape index (κ2) is 10.6. The maximum atomic E-state index is 12.1. The molecule has 1 fully saturated rings. The molecule has 0 unspecified atom stereocenters. The predicted molar refractivity (Wildman–Crippen MR) is 129 cm³/mol. The smallest absolute Gasteiger partial charge is 0.362 e. The van der Waals surface area contributed by atoms with Crippen LogP contribution in [0.4, 0.5) is 0 Å². The second-order valence-corrected chi connectivity index (χ2v) is 8.97. The fourth-order valence-electron chi connectivity index (χ4n) is 4.39. The normalized spacial score (nSPS) is 17.6. The summed E-state index contributed by atoms with van der Waals surface area (Å²) < 4.78 is 12.9. The van der Waals surface area contributed by atoms with Gasteiger partial charge in [-0.05, 0) is 67.0 Å². The van der Waals surface area contributed by atoms with Gasteiger partial charge in [-0.2, -0.15) is 0 Å². The van der Waals surface area contributed by atoms with Gasteiger partial charge in [-0.15, -0.1) is 5.10 Å². The fraction of sp³-hybridized carbons (Fsp3) is 0.385. The summed E-state index contributed by atoms with van der Waals surface area (Å²) in [6.07, 6.45) is 3.28. The molecule has 1 heterocycles. The zero-order valence-corrected chi connectivity index (χ0v) is 20.2. The van der Waals surface area contributed by atoms with Crippen molar-refractivity contribution in [2.24, 2.45) is 0 Å². The summed E-state index contributed by atoms with van der Waals surface area (Å²) in [5, 5.41) is 17.5. The van der Waals surface area contributed by atoms with E-state index >= 15 is 0 Å². The molecule has 1 aromatic heterocycles. The van der Waals surface area contributed by atoms with Crippen LogP contribution in [0.2, 0.25) is 0 Å².